The van der Waals surface area contributed by atoms with Gasteiger partial charge in [0, 0.05) is 0 Å². The highest BCUT2D eigenvalue weighted by molar-refractivity contribution is 7.80. The number of carbonyl (C=O) groups is 1. The van der Waals surface area contributed by atoms with E-state index in [9.17, 15) is 4.79 Å². The second-order valence-corrected chi connectivity index (χ2v) is 7.80. The Balaban J connectivity index is 1.74. The van der Waals surface area contributed by atoms with Gasteiger partial charge in [-0.05, 0) is 57.1 Å². The highest BCUT2D eigenvalue weighted by Crippen LogP contribution is 2.27. The van der Waals surface area contributed by atoms with E-state index in [-0.39, 0.29) is 18.1 Å². The maximum atomic E-state index is 12.1. The third-order valence-electron chi connectivity index (χ3n) is 4.31. The van der Waals surface area contributed by atoms with Crippen LogP contribution in [0.1, 0.15) is 31.4 Å². The number of ether oxygens (including phenoxy) is 1. The summed E-state index contributed by atoms with van der Waals surface area (Å²) in [5.41, 5.74) is 8.18. The van der Waals surface area contributed by atoms with Crippen LogP contribution in [0.2, 0.25) is 5.02 Å². The molecule has 26 heavy (non-hydrogen) atoms. The Morgan fingerprint density at radius 2 is 1.92 bits per heavy atom. The van der Waals surface area contributed by atoms with E-state index >= 15 is 0 Å². The summed E-state index contributed by atoms with van der Waals surface area (Å²) in [5, 5.41) is 3.92. The molecular weight excluding hydrogens is 372 g/mol. The number of benzene rings is 1. The van der Waals surface area contributed by atoms with Gasteiger partial charge in [0.2, 0.25) is 5.91 Å². The third kappa shape index (κ3) is 6.39. The van der Waals surface area contributed by atoms with E-state index in [2.05, 4.69) is 30.0 Å². The number of hydrazine groups is 1. The van der Waals surface area contributed by atoms with Gasteiger partial charge in [0.25, 0.3) is 0 Å². The van der Waals surface area contributed by atoms with Crippen molar-refractivity contribution < 1.29 is 14.4 Å². The van der Waals surface area contributed by atoms with Crippen molar-refractivity contribution in [2.45, 2.75) is 46.3 Å². The molecule has 1 aliphatic heterocycles. The summed E-state index contributed by atoms with van der Waals surface area (Å²) >= 11 is 11.5. The van der Waals surface area contributed by atoms with Gasteiger partial charge in [0.05, 0.1) is 23.7 Å². The normalized spacial score (nSPS) is 22.6. The number of nitrogens with one attached hydrogen (secondary N) is 4. The molecule has 0 saturated carbocycles. The van der Waals surface area contributed by atoms with E-state index in [1.807, 2.05) is 26.0 Å². The highest BCUT2D eigenvalue weighted by Gasteiger charge is 2.25. The maximum Gasteiger partial charge on any atom is 0.244 e. The van der Waals surface area contributed by atoms with Crippen molar-refractivity contribution in [2.24, 2.45) is 0 Å². The number of aryl methyl sites for hydroxylation is 2. The van der Waals surface area contributed by atoms with E-state index in [0.717, 1.165) is 36.4 Å². The molecule has 2 atom stereocenters. The molecule has 1 saturated heterocycles. The quantitative estimate of drug-likeness (QED) is 0.454. The number of amides is 1. The van der Waals surface area contributed by atoms with Crippen molar-refractivity contribution in [3.63, 3.8) is 0 Å². The molecule has 1 aliphatic rings. The third-order valence-corrected chi connectivity index (χ3v) is 4.81. The molecule has 1 aromatic rings. The average Bonchev–Trinajstić information content (AvgIpc) is 2.53. The molecule has 2 rings (SSSR count). The fraction of sp³-hybridized carbons (Fsp3) is 0.556. The fourth-order valence-electron chi connectivity index (χ4n) is 3.29. The first kappa shape index (κ1) is 20.9. The van der Waals surface area contributed by atoms with Gasteiger partial charge < -0.3 is 15.0 Å². The zero-order chi connectivity index (χ0) is 19.3. The van der Waals surface area contributed by atoms with Gasteiger partial charge in [-0.25, -0.2) is 0 Å². The molecule has 4 N–H and O–H groups in total. The predicted molar refractivity (Wildman–Crippen MR) is 109 cm³/mol. The van der Waals surface area contributed by atoms with Crippen molar-refractivity contribution in [1.82, 2.24) is 10.9 Å². The van der Waals surface area contributed by atoms with E-state index < -0.39 is 0 Å². The lowest BCUT2D eigenvalue weighted by Gasteiger charge is -2.32. The molecular formula is C18H28ClN4O2S+. The van der Waals surface area contributed by atoms with Crippen LogP contribution in [0.5, 0.6) is 0 Å². The summed E-state index contributed by atoms with van der Waals surface area (Å²) < 4.78 is 5.72. The zero-order valence-corrected chi connectivity index (χ0v) is 17.3. The van der Waals surface area contributed by atoms with Crippen molar-refractivity contribution in [3.05, 3.63) is 28.3 Å². The minimum Gasteiger partial charge on any atom is -0.364 e. The lowest BCUT2D eigenvalue weighted by atomic mass is 10.1. The second kappa shape index (κ2) is 9.50. The Morgan fingerprint density at radius 1 is 1.27 bits per heavy atom. The van der Waals surface area contributed by atoms with Crippen LogP contribution in [0, 0.1) is 13.8 Å². The molecule has 0 bridgehead atoms. The number of hydrogen-bond acceptors (Lipinski definition) is 3. The SMILES string of the molecule is Cc1cc(C)c(NC(=S)NNC(=O)CC[NH+]2C[C@H](C)O[C@@H](C)C2)c(Cl)c1. The number of halogens is 1. The van der Waals surface area contributed by atoms with Crippen molar-refractivity contribution >= 4 is 40.5 Å². The first-order chi connectivity index (χ1) is 12.2. The van der Waals surface area contributed by atoms with Gasteiger partial charge in [0.15, 0.2) is 5.11 Å². The van der Waals surface area contributed by atoms with Crippen molar-refractivity contribution in [3.8, 4) is 0 Å². The fourth-order valence-corrected chi connectivity index (χ4v) is 3.81. The Kier molecular flexibility index (Phi) is 7.64. The molecule has 1 amide bonds. The molecule has 1 heterocycles. The molecule has 1 fully saturated rings. The zero-order valence-electron chi connectivity index (χ0n) is 15.7. The molecule has 0 unspecified atom stereocenters. The number of rotatable bonds is 4. The predicted octanol–water partition coefficient (Wildman–Crippen LogP) is 1.36. The monoisotopic (exact) mass is 399 g/mol. The van der Waals surface area contributed by atoms with Gasteiger partial charge in [-0.3, -0.25) is 15.6 Å². The van der Waals surface area contributed by atoms with E-state index in [4.69, 9.17) is 28.6 Å². The van der Waals surface area contributed by atoms with Crippen LogP contribution in [0.15, 0.2) is 12.1 Å². The van der Waals surface area contributed by atoms with Crippen molar-refractivity contribution in [1.29, 1.82) is 0 Å². The standard InChI is InChI=1S/C18H27ClN4O2S/c1-11-7-12(2)17(15(19)8-11)20-18(26)22-21-16(24)5-6-23-9-13(3)25-14(4)10-23/h7-8,13-14H,5-6,9-10H2,1-4H3,(H,21,24)(H2,20,22,26)/p+1/t13-,14-/m0/s1. The number of morpholine rings is 1. The van der Waals surface area contributed by atoms with Crippen LogP contribution < -0.4 is 21.1 Å². The Hall–Kier alpha value is -1.41. The summed E-state index contributed by atoms with van der Waals surface area (Å²) in [7, 11) is 0. The van der Waals surface area contributed by atoms with Crippen LogP contribution in [-0.2, 0) is 9.53 Å². The largest absolute Gasteiger partial charge is 0.364 e. The Bertz CT molecular complexity index is 638. The van der Waals surface area contributed by atoms with Crippen LogP contribution in [-0.4, -0.2) is 42.9 Å². The summed E-state index contributed by atoms with van der Waals surface area (Å²) in [6.07, 6.45) is 0.887. The summed E-state index contributed by atoms with van der Waals surface area (Å²) in [5.74, 6) is -0.0971. The molecule has 0 radical (unpaired) electrons. The second-order valence-electron chi connectivity index (χ2n) is 6.98. The lowest BCUT2D eigenvalue weighted by molar-refractivity contribution is -0.914. The van der Waals surface area contributed by atoms with Crippen LogP contribution in [0.25, 0.3) is 0 Å². The molecule has 144 valence electrons. The average molecular weight is 400 g/mol. The molecule has 6 nitrogen and oxygen atoms in total. The van der Waals surface area contributed by atoms with Gasteiger partial charge >= 0.3 is 0 Å². The van der Waals surface area contributed by atoms with Crippen LogP contribution >= 0.6 is 23.8 Å². The van der Waals surface area contributed by atoms with Gasteiger partial charge in [-0.2, -0.15) is 0 Å². The Labute approximate surface area is 165 Å². The minimum atomic E-state index is -0.0971. The summed E-state index contributed by atoms with van der Waals surface area (Å²) in [6, 6.07) is 3.88. The first-order valence-electron chi connectivity index (χ1n) is 8.86. The van der Waals surface area contributed by atoms with Gasteiger partial charge in [-0.1, -0.05) is 17.7 Å². The lowest BCUT2D eigenvalue weighted by Crippen LogP contribution is -3.15. The highest BCUT2D eigenvalue weighted by atomic mass is 35.5. The molecule has 1 aromatic carbocycles. The number of carbonyl (C=O) groups excluding carboxylic acids is 1. The van der Waals surface area contributed by atoms with Gasteiger partial charge in [-0.15, -0.1) is 0 Å². The Morgan fingerprint density at radius 3 is 2.54 bits per heavy atom. The summed E-state index contributed by atoms with van der Waals surface area (Å²) in [6.45, 7) is 10.7. The summed E-state index contributed by atoms with van der Waals surface area (Å²) in [4.78, 5) is 13.4. The van der Waals surface area contributed by atoms with E-state index in [0.29, 0.717) is 16.6 Å². The topological polar surface area (TPSA) is 66.8 Å². The smallest absolute Gasteiger partial charge is 0.244 e. The van der Waals surface area contributed by atoms with Crippen LogP contribution in [0.4, 0.5) is 5.69 Å². The number of thiocarbonyl (C=S) groups is 1. The minimum absolute atomic E-state index is 0.0971. The number of anilines is 1. The molecule has 8 heteroatoms. The number of hydrogen-bond donors (Lipinski definition) is 4. The van der Waals surface area contributed by atoms with Gasteiger partial charge in [0.1, 0.15) is 25.3 Å². The first-order valence-corrected chi connectivity index (χ1v) is 9.64. The van der Waals surface area contributed by atoms with Crippen molar-refractivity contribution in [2.75, 3.05) is 25.0 Å². The maximum absolute atomic E-state index is 12.1. The molecule has 0 aliphatic carbocycles. The molecule has 0 aromatic heterocycles. The van der Waals surface area contributed by atoms with E-state index in [1.54, 1.807) is 0 Å². The number of quaternary nitrogens is 1. The van der Waals surface area contributed by atoms with Crippen LogP contribution in [0.3, 0.4) is 0 Å². The molecule has 0 spiro atoms. The van der Waals surface area contributed by atoms with E-state index in [1.165, 1.54) is 4.90 Å².